The summed E-state index contributed by atoms with van der Waals surface area (Å²) in [5.41, 5.74) is 1.35. The van der Waals surface area contributed by atoms with Crippen LogP contribution in [0.5, 0.6) is 5.75 Å². The zero-order chi connectivity index (χ0) is 13.7. The summed E-state index contributed by atoms with van der Waals surface area (Å²) in [5.74, 6) is 0.912. The van der Waals surface area contributed by atoms with Gasteiger partial charge >= 0.3 is 0 Å². The van der Waals surface area contributed by atoms with Crippen LogP contribution in [-0.4, -0.2) is 25.1 Å². The van der Waals surface area contributed by atoms with Gasteiger partial charge in [0.15, 0.2) is 0 Å². The van der Waals surface area contributed by atoms with Crippen molar-refractivity contribution in [2.45, 2.75) is 20.3 Å². The molecule has 0 amide bonds. The third-order valence-corrected chi connectivity index (χ3v) is 3.51. The van der Waals surface area contributed by atoms with E-state index in [0.29, 0.717) is 0 Å². The molecule has 0 bridgehead atoms. The fraction of sp³-hybridized carbons (Fsp3) is 0.353. The molecule has 0 unspecified atom stereocenters. The summed E-state index contributed by atoms with van der Waals surface area (Å²) in [6.07, 6.45) is 0.990. The summed E-state index contributed by atoms with van der Waals surface area (Å²) < 4.78 is 5.25. The van der Waals surface area contributed by atoms with Crippen LogP contribution in [0.25, 0.3) is 10.8 Å². The smallest absolute Gasteiger partial charge is 0.119 e. The molecule has 2 heteroatoms. The second-order valence-corrected chi connectivity index (χ2v) is 4.66. The van der Waals surface area contributed by atoms with E-state index in [1.54, 1.807) is 7.11 Å². The Balaban J connectivity index is 2.13. The van der Waals surface area contributed by atoms with Gasteiger partial charge in [-0.05, 0) is 48.0 Å². The lowest BCUT2D eigenvalue weighted by Crippen LogP contribution is -2.20. The van der Waals surface area contributed by atoms with Gasteiger partial charge in [0.1, 0.15) is 5.75 Å². The Morgan fingerprint density at radius 1 is 1.00 bits per heavy atom. The van der Waals surface area contributed by atoms with Crippen molar-refractivity contribution >= 4 is 10.8 Å². The highest BCUT2D eigenvalue weighted by molar-refractivity contribution is 5.84. The van der Waals surface area contributed by atoms with Gasteiger partial charge in [-0.1, -0.05) is 38.1 Å². The van der Waals surface area contributed by atoms with Crippen molar-refractivity contribution in [3.8, 4) is 5.75 Å². The molecule has 0 heterocycles. The lowest BCUT2D eigenvalue weighted by Gasteiger charge is -2.17. The number of hydrogen-bond donors (Lipinski definition) is 0. The van der Waals surface area contributed by atoms with Gasteiger partial charge in [0.2, 0.25) is 0 Å². The highest BCUT2D eigenvalue weighted by Crippen LogP contribution is 2.22. The van der Waals surface area contributed by atoms with Crippen molar-refractivity contribution in [1.29, 1.82) is 0 Å². The molecule has 19 heavy (non-hydrogen) atoms. The summed E-state index contributed by atoms with van der Waals surface area (Å²) in [5, 5.41) is 2.50. The molecule has 101 valence electrons. The van der Waals surface area contributed by atoms with E-state index in [9.17, 15) is 0 Å². The van der Waals surface area contributed by atoms with Crippen molar-refractivity contribution in [2.24, 2.45) is 0 Å². The quantitative estimate of drug-likeness (QED) is 0.777. The van der Waals surface area contributed by atoms with Crippen LogP contribution in [0, 0.1) is 6.54 Å². The van der Waals surface area contributed by atoms with Crippen LogP contribution in [0.1, 0.15) is 19.4 Å². The van der Waals surface area contributed by atoms with Crippen LogP contribution in [0.15, 0.2) is 36.4 Å². The monoisotopic (exact) mass is 256 g/mol. The Morgan fingerprint density at radius 2 is 1.68 bits per heavy atom. The van der Waals surface area contributed by atoms with E-state index in [4.69, 9.17) is 4.74 Å². The van der Waals surface area contributed by atoms with Crippen molar-refractivity contribution in [3.05, 3.63) is 48.5 Å². The Labute approximate surface area is 116 Å². The van der Waals surface area contributed by atoms with E-state index < -0.39 is 0 Å². The largest absolute Gasteiger partial charge is 0.497 e. The zero-order valence-electron chi connectivity index (χ0n) is 12.0. The fourth-order valence-corrected chi connectivity index (χ4v) is 2.24. The Morgan fingerprint density at radius 3 is 2.37 bits per heavy atom. The maximum Gasteiger partial charge on any atom is 0.119 e. The number of hydrogen-bond acceptors (Lipinski definition) is 2. The van der Waals surface area contributed by atoms with E-state index in [0.717, 1.165) is 25.3 Å². The normalized spacial score (nSPS) is 11.2. The molecule has 0 saturated carbocycles. The molecule has 2 nitrogen and oxygen atoms in total. The number of methoxy groups -OCH3 is 1. The number of likely N-dealkylation sites (N-methyl/N-ethyl adjacent to an activating group) is 1. The minimum Gasteiger partial charge on any atom is -0.497 e. The standard InChI is InChI=1S/C17H22NO/c1-4-18(5-2)11-10-14-6-7-16-13-17(19-3)9-8-15(16)12-14/h6-9,11-13H,4-5,10H2,1-3H3. The van der Waals surface area contributed by atoms with Crippen molar-refractivity contribution < 1.29 is 4.74 Å². The van der Waals surface area contributed by atoms with Gasteiger partial charge in [-0.3, -0.25) is 4.90 Å². The lowest BCUT2D eigenvalue weighted by molar-refractivity contribution is 0.365. The first-order valence-electron chi connectivity index (χ1n) is 6.91. The van der Waals surface area contributed by atoms with E-state index in [1.807, 2.05) is 6.07 Å². The summed E-state index contributed by atoms with van der Waals surface area (Å²) in [4.78, 5) is 2.33. The molecule has 0 aliphatic heterocycles. The lowest BCUT2D eigenvalue weighted by atomic mass is 10.0. The zero-order valence-corrected chi connectivity index (χ0v) is 12.0. The molecule has 0 spiro atoms. The van der Waals surface area contributed by atoms with Crippen molar-refractivity contribution in [1.82, 2.24) is 4.90 Å². The predicted octanol–water partition coefficient (Wildman–Crippen LogP) is 3.89. The Kier molecular flexibility index (Phi) is 4.80. The average molecular weight is 256 g/mol. The maximum absolute atomic E-state index is 5.25. The topological polar surface area (TPSA) is 12.5 Å². The molecule has 2 aromatic rings. The molecule has 0 aliphatic carbocycles. The number of benzene rings is 2. The second-order valence-electron chi connectivity index (χ2n) is 4.66. The van der Waals surface area contributed by atoms with Crippen LogP contribution >= 0.6 is 0 Å². The van der Waals surface area contributed by atoms with E-state index in [1.165, 1.54) is 16.3 Å². The molecular formula is C17H22NO. The molecule has 0 N–H and O–H groups in total. The summed E-state index contributed by atoms with van der Waals surface area (Å²) in [6.45, 7) is 8.80. The molecule has 0 aliphatic rings. The molecule has 2 aromatic carbocycles. The molecule has 0 fully saturated rings. The van der Waals surface area contributed by atoms with Crippen molar-refractivity contribution in [3.63, 3.8) is 0 Å². The number of fused-ring (bicyclic) bond motifs is 1. The van der Waals surface area contributed by atoms with E-state index in [-0.39, 0.29) is 0 Å². The highest BCUT2D eigenvalue weighted by Gasteiger charge is 2.02. The average Bonchev–Trinajstić information content (AvgIpc) is 2.47. The van der Waals surface area contributed by atoms with Crippen LogP contribution in [0.2, 0.25) is 0 Å². The summed E-state index contributed by atoms with van der Waals surface area (Å²) in [6, 6.07) is 12.8. The first-order chi connectivity index (χ1) is 9.26. The second kappa shape index (κ2) is 6.58. The van der Waals surface area contributed by atoms with Crippen LogP contribution in [0.4, 0.5) is 0 Å². The molecule has 1 radical (unpaired) electrons. The molecule has 0 atom stereocenters. The first-order valence-corrected chi connectivity index (χ1v) is 6.91. The molecule has 0 aromatic heterocycles. The van der Waals surface area contributed by atoms with Gasteiger partial charge in [-0.15, -0.1) is 0 Å². The number of ether oxygens (including phenoxy) is 1. The SMILES string of the molecule is CCN([CH]Cc1ccc2cc(OC)ccc2c1)CC. The molecule has 2 rings (SSSR count). The van der Waals surface area contributed by atoms with Gasteiger partial charge in [-0.25, -0.2) is 0 Å². The van der Waals surface area contributed by atoms with Gasteiger partial charge in [0.25, 0.3) is 0 Å². The Bertz CT molecular complexity index is 532. The van der Waals surface area contributed by atoms with E-state index >= 15 is 0 Å². The maximum atomic E-state index is 5.25. The summed E-state index contributed by atoms with van der Waals surface area (Å²) >= 11 is 0. The fourth-order valence-electron chi connectivity index (χ4n) is 2.24. The van der Waals surface area contributed by atoms with Crippen LogP contribution < -0.4 is 4.74 Å². The Hall–Kier alpha value is -1.54. The molecular weight excluding hydrogens is 234 g/mol. The number of nitrogens with zero attached hydrogens (tertiary/aromatic N) is 1. The predicted molar refractivity (Wildman–Crippen MR) is 81.4 cm³/mol. The highest BCUT2D eigenvalue weighted by atomic mass is 16.5. The van der Waals surface area contributed by atoms with Crippen molar-refractivity contribution in [2.75, 3.05) is 20.2 Å². The van der Waals surface area contributed by atoms with Gasteiger partial charge < -0.3 is 4.74 Å². The summed E-state index contributed by atoms with van der Waals surface area (Å²) in [7, 11) is 1.70. The number of rotatable bonds is 6. The van der Waals surface area contributed by atoms with Gasteiger partial charge in [0.05, 0.1) is 7.11 Å². The van der Waals surface area contributed by atoms with Crippen LogP contribution in [0.3, 0.4) is 0 Å². The van der Waals surface area contributed by atoms with Crippen LogP contribution in [-0.2, 0) is 6.42 Å². The molecule has 0 saturated heterocycles. The third-order valence-electron chi connectivity index (χ3n) is 3.51. The minimum atomic E-state index is 0.912. The first kappa shape index (κ1) is 13.9. The van der Waals surface area contributed by atoms with Gasteiger partial charge in [0, 0.05) is 6.54 Å². The minimum absolute atomic E-state index is 0.912. The van der Waals surface area contributed by atoms with Gasteiger partial charge in [-0.2, -0.15) is 0 Å². The third kappa shape index (κ3) is 3.48. The van der Waals surface area contributed by atoms with E-state index in [2.05, 4.69) is 55.6 Å².